The van der Waals surface area contributed by atoms with Crippen LogP contribution in [0.2, 0.25) is 0 Å². The van der Waals surface area contributed by atoms with Crippen LogP contribution in [0.25, 0.3) is 0 Å². The first-order chi connectivity index (χ1) is 9.13. The molecule has 1 aromatic carbocycles. The van der Waals surface area contributed by atoms with E-state index in [-0.39, 0.29) is 17.9 Å². The average molecular weight is 279 g/mol. The summed E-state index contributed by atoms with van der Waals surface area (Å²) in [5.41, 5.74) is 1.42. The summed E-state index contributed by atoms with van der Waals surface area (Å²) in [6, 6.07) is 8.20. The number of carbonyl (C=O) groups is 1. The van der Waals surface area contributed by atoms with E-state index < -0.39 is 0 Å². The molecule has 2 rings (SSSR count). The minimum Gasteiger partial charge on any atom is -0.396 e. The Labute approximate surface area is 118 Å². The summed E-state index contributed by atoms with van der Waals surface area (Å²) in [5.74, 6) is 0.535. The Morgan fingerprint density at radius 1 is 1.37 bits per heavy atom. The molecule has 0 unspecified atom stereocenters. The molecule has 0 saturated heterocycles. The molecule has 1 fully saturated rings. The molecule has 104 valence electrons. The van der Waals surface area contributed by atoms with Gasteiger partial charge in [-0.15, -0.1) is 11.8 Å². The summed E-state index contributed by atoms with van der Waals surface area (Å²) in [7, 11) is 0. The Morgan fingerprint density at radius 3 is 2.63 bits per heavy atom. The Bertz CT molecular complexity index is 426. The van der Waals surface area contributed by atoms with Crippen LogP contribution in [0.5, 0.6) is 0 Å². The summed E-state index contributed by atoms with van der Waals surface area (Å²) >= 11 is 1.56. The Kier molecular flexibility index (Phi) is 4.88. The van der Waals surface area contributed by atoms with Gasteiger partial charge in [-0.05, 0) is 43.7 Å². The fraction of sp³-hybridized carbons (Fsp3) is 0.533. The van der Waals surface area contributed by atoms with Crippen LogP contribution in [-0.4, -0.2) is 29.9 Å². The lowest BCUT2D eigenvalue weighted by Gasteiger charge is -2.14. The molecule has 1 amide bonds. The Morgan fingerprint density at radius 2 is 2.05 bits per heavy atom. The van der Waals surface area contributed by atoms with Crippen molar-refractivity contribution in [3.05, 3.63) is 29.8 Å². The lowest BCUT2D eigenvalue weighted by molar-refractivity contribution is -0.118. The first-order valence-electron chi connectivity index (χ1n) is 6.71. The molecule has 0 spiro atoms. The molecule has 0 bridgehead atoms. The highest BCUT2D eigenvalue weighted by Gasteiger charge is 2.41. The highest BCUT2D eigenvalue weighted by molar-refractivity contribution is 8.00. The van der Waals surface area contributed by atoms with Gasteiger partial charge in [0.25, 0.3) is 0 Å². The molecule has 4 heteroatoms. The lowest BCUT2D eigenvalue weighted by Crippen LogP contribution is -2.31. The number of rotatable bonds is 7. The maximum atomic E-state index is 11.8. The van der Waals surface area contributed by atoms with Crippen LogP contribution in [0.1, 0.15) is 24.8 Å². The minimum absolute atomic E-state index is 0.0785. The second-order valence-electron chi connectivity index (χ2n) is 5.35. The third-order valence-corrected chi connectivity index (χ3v) is 4.66. The number of carbonyl (C=O) groups excluding carboxylic acids is 1. The molecule has 19 heavy (non-hydrogen) atoms. The molecule has 1 saturated carbocycles. The summed E-state index contributed by atoms with van der Waals surface area (Å²) in [5, 5.41) is 11.9. The van der Waals surface area contributed by atoms with Crippen molar-refractivity contribution < 1.29 is 9.90 Å². The molecule has 1 aliphatic rings. The molecule has 0 atom stereocenters. The van der Waals surface area contributed by atoms with E-state index in [1.807, 2.05) is 12.1 Å². The van der Waals surface area contributed by atoms with Crippen LogP contribution >= 0.6 is 11.8 Å². The number of thioether (sulfide) groups is 1. The van der Waals surface area contributed by atoms with Gasteiger partial charge in [-0.25, -0.2) is 0 Å². The van der Waals surface area contributed by atoms with Crippen LogP contribution < -0.4 is 5.32 Å². The fourth-order valence-electron chi connectivity index (χ4n) is 2.05. The minimum atomic E-state index is 0.0785. The molecular formula is C15H21NO2S. The molecule has 1 aliphatic carbocycles. The van der Waals surface area contributed by atoms with Crippen molar-refractivity contribution in [3.63, 3.8) is 0 Å². The van der Waals surface area contributed by atoms with Gasteiger partial charge in [0.15, 0.2) is 0 Å². The quantitative estimate of drug-likeness (QED) is 0.753. The summed E-state index contributed by atoms with van der Waals surface area (Å²) in [6.45, 7) is 2.98. The number of hydrogen-bond donors (Lipinski definition) is 2. The predicted molar refractivity (Wildman–Crippen MR) is 78.3 cm³/mol. The zero-order valence-electron chi connectivity index (χ0n) is 11.3. The van der Waals surface area contributed by atoms with E-state index in [0.29, 0.717) is 12.3 Å². The van der Waals surface area contributed by atoms with E-state index in [2.05, 4.69) is 24.4 Å². The van der Waals surface area contributed by atoms with Gasteiger partial charge in [0, 0.05) is 18.0 Å². The van der Waals surface area contributed by atoms with E-state index in [1.54, 1.807) is 11.8 Å². The monoisotopic (exact) mass is 279 g/mol. The predicted octanol–water partition coefficient (Wildman–Crippen LogP) is 2.37. The van der Waals surface area contributed by atoms with Crippen molar-refractivity contribution in [3.8, 4) is 0 Å². The molecule has 0 radical (unpaired) electrons. The standard InChI is InChI=1S/C15H21NO2S/c1-12-2-4-13(5-3-12)19-10-14(18)16-11-15(6-7-15)8-9-17/h2-5,17H,6-11H2,1H3,(H,16,18). The summed E-state index contributed by atoms with van der Waals surface area (Å²) in [4.78, 5) is 12.9. The largest absolute Gasteiger partial charge is 0.396 e. The molecule has 0 heterocycles. The van der Waals surface area contributed by atoms with Gasteiger partial charge in [0.1, 0.15) is 0 Å². The number of nitrogens with one attached hydrogen (secondary N) is 1. The van der Waals surface area contributed by atoms with Gasteiger partial charge < -0.3 is 10.4 Å². The van der Waals surface area contributed by atoms with Crippen molar-refractivity contribution in [1.82, 2.24) is 5.32 Å². The van der Waals surface area contributed by atoms with Crippen molar-refractivity contribution in [2.75, 3.05) is 18.9 Å². The normalized spacial score (nSPS) is 16.1. The summed E-state index contributed by atoms with van der Waals surface area (Å²) < 4.78 is 0. The topological polar surface area (TPSA) is 49.3 Å². The Hall–Kier alpha value is -1.00. The van der Waals surface area contributed by atoms with Crippen molar-refractivity contribution in [2.45, 2.75) is 31.1 Å². The molecule has 3 nitrogen and oxygen atoms in total. The third kappa shape index (κ3) is 4.55. The van der Waals surface area contributed by atoms with Crippen molar-refractivity contribution in [1.29, 1.82) is 0 Å². The maximum Gasteiger partial charge on any atom is 0.230 e. The number of aryl methyl sites for hydroxylation is 1. The molecule has 2 N–H and O–H groups in total. The van der Waals surface area contributed by atoms with Crippen LogP contribution in [0, 0.1) is 12.3 Å². The smallest absolute Gasteiger partial charge is 0.230 e. The van der Waals surface area contributed by atoms with Crippen molar-refractivity contribution in [2.24, 2.45) is 5.41 Å². The summed E-state index contributed by atoms with van der Waals surface area (Å²) in [6.07, 6.45) is 3.05. The zero-order valence-corrected chi connectivity index (χ0v) is 12.1. The highest BCUT2D eigenvalue weighted by atomic mass is 32.2. The first-order valence-corrected chi connectivity index (χ1v) is 7.69. The van der Waals surface area contributed by atoms with Gasteiger partial charge in [0.2, 0.25) is 5.91 Å². The fourth-order valence-corrected chi connectivity index (χ4v) is 2.78. The van der Waals surface area contributed by atoms with Crippen LogP contribution in [0.4, 0.5) is 0 Å². The number of benzene rings is 1. The van der Waals surface area contributed by atoms with E-state index >= 15 is 0 Å². The van der Waals surface area contributed by atoms with Crippen LogP contribution in [0.15, 0.2) is 29.2 Å². The molecular weight excluding hydrogens is 258 g/mol. The zero-order chi connectivity index (χ0) is 13.7. The van der Waals surface area contributed by atoms with Gasteiger partial charge in [0.05, 0.1) is 5.75 Å². The average Bonchev–Trinajstić information content (AvgIpc) is 3.17. The van der Waals surface area contributed by atoms with Crippen LogP contribution in [-0.2, 0) is 4.79 Å². The second-order valence-corrected chi connectivity index (χ2v) is 6.40. The van der Waals surface area contributed by atoms with Gasteiger partial charge in [-0.3, -0.25) is 4.79 Å². The number of aliphatic hydroxyl groups is 1. The Balaban J connectivity index is 1.69. The number of amides is 1. The van der Waals surface area contributed by atoms with E-state index in [0.717, 1.165) is 24.2 Å². The first kappa shape index (κ1) is 14.4. The lowest BCUT2D eigenvalue weighted by atomic mass is 10.0. The molecule has 1 aromatic rings. The SMILES string of the molecule is Cc1ccc(SCC(=O)NCC2(CCO)CC2)cc1. The van der Waals surface area contributed by atoms with Gasteiger partial charge in [-0.1, -0.05) is 17.7 Å². The van der Waals surface area contributed by atoms with Crippen LogP contribution in [0.3, 0.4) is 0 Å². The maximum absolute atomic E-state index is 11.8. The van der Waals surface area contributed by atoms with Gasteiger partial charge in [-0.2, -0.15) is 0 Å². The van der Waals surface area contributed by atoms with E-state index in [9.17, 15) is 4.79 Å². The molecule has 0 aliphatic heterocycles. The highest BCUT2D eigenvalue weighted by Crippen LogP contribution is 2.47. The number of aliphatic hydroxyl groups excluding tert-OH is 1. The van der Waals surface area contributed by atoms with E-state index in [4.69, 9.17) is 5.11 Å². The molecule has 0 aromatic heterocycles. The van der Waals surface area contributed by atoms with Crippen molar-refractivity contribution >= 4 is 17.7 Å². The van der Waals surface area contributed by atoms with E-state index in [1.165, 1.54) is 5.56 Å². The van der Waals surface area contributed by atoms with Gasteiger partial charge >= 0.3 is 0 Å². The third-order valence-electron chi connectivity index (χ3n) is 3.65. The second kappa shape index (κ2) is 6.44. The number of hydrogen-bond acceptors (Lipinski definition) is 3.